The Hall–Kier alpha value is -1.63. The minimum Gasteiger partial charge on any atom is -0.507 e. The maximum absolute atomic E-state index is 16.5. The lowest BCUT2D eigenvalue weighted by molar-refractivity contribution is -0.108. The summed E-state index contributed by atoms with van der Waals surface area (Å²) in [6.07, 6.45) is 0.0846. The summed E-state index contributed by atoms with van der Waals surface area (Å²) in [6.45, 7) is 14.0. The Balaban J connectivity index is 2.87. The number of phenols is 1. The van der Waals surface area contributed by atoms with Crippen LogP contribution in [0.15, 0.2) is 24.8 Å². The summed E-state index contributed by atoms with van der Waals surface area (Å²) >= 11 is 17.5. The summed E-state index contributed by atoms with van der Waals surface area (Å²) in [7, 11) is 0. The van der Waals surface area contributed by atoms with Crippen LogP contribution in [0.4, 0.5) is 13.2 Å². The molecule has 2 N–H and O–H groups in total. The Morgan fingerprint density at radius 3 is 1.79 bits per heavy atom. The van der Waals surface area contributed by atoms with Gasteiger partial charge in [-0.05, 0) is 39.7 Å². The highest BCUT2D eigenvalue weighted by Gasteiger charge is 2.61. The number of H-pyrrole nitrogens is 1. The van der Waals surface area contributed by atoms with Crippen molar-refractivity contribution in [2.75, 3.05) is 0 Å². The summed E-state index contributed by atoms with van der Waals surface area (Å²) in [5.41, 5.74) is -5.66. The standard InChI is InChI=1S/C24H27Cl3F3NO2/c1-8-9-23(28,24(29,30)19(33)17-15(25)16(26)20(27)31-17)12-10-13(21(2,3)4)18(32)14(11-12)22(5,6)7/h8,10-11,31-32H,1,9H2,2-7H3. The molecule has 33 heavy (non-hydrogen) atoms. The van der Waals surface area contributed by atoms with Gasteiger partial charge in [0.1, 0.15) is 16.6 Å². The molecule has 0 bridgehead atoms. The van der Waals surface area contributed by atoms with E-state index in [-0.39, 0.29) is 27.1 Å². The van der Waals surface area contributed by atoms with Gasteiger partial charge in [0.05, 0.1) is 10.0 Å². The van der Waals surface area contributed by atoms with E-state index in [2.05, 4.69) is 11.6 Å². The number of alkyl halides is 3. The van der Waals surface area contributed by atoms with Crippen LogP contribution in [0.2, 0.25) is 15.2 Å². The Kier molecular flexibility index (Phi) is 7.42. The average molecular weight is 525 g/mol. The van der Waals surface area contributed by atoms with Gasteiger partial charge in [0.15, 0.2) is 0 Å². The van der Waals surface area contributed by atoms with E-state index in [0.29, 0.717) is 0 Å². The molecular weight excluding hydrogens is 498 g/mol. The first-order chi connectivity index (χ1) is 14.8. The molecule has 0 aliphatic rings. The molecule has 3 nitrogen and oxygen atoms in total. The molecule has 0 amide bonds. The van der Waals surface area contributed by atoms with E-state index in [1.807, 2.05) is 0 Å². The number of hydrogen-bond acceptors (Lipinski definition) is 2. The second kappa shape index (κ2) is 8.86. The summed E-state index contributed by atoms with van der Waals surface area (Å²) in [4.78, 5) is 15.1. The molecule has 0 saturated carbocycles. The van der Waals surface area contributed by atoms with Crippen molar-refractivity contribution in [2.45, 2.75) is 70.4 Å². The van der Waals surface area contributed by atoms with E-state index >= 15 is 13.2 Å². The first-order valence-corrected chi connectivity index (χ1v) is 11.3. The van der Waals surface area contributed by atoms with Crippen molar-refractivity contribution in [3.8, 4) is 5.75 Å². The zero-order valence-electron chi connectivity index (χ0n) is 19.3. The molecule has 9 heteroatoms. The van der Waals surface area contributed by atoms with Crippen molar-refractivity contribution in [3.63, 3.8) is 0 Å². The fourth-order valence-corrected chi connectivity index (χ4v) is 4.16. The third-order valence-corrected chi connectivity index (χ3v) is 6.69. The lowest BCUT2D eigenvalue weighted by Gasteiger charge is -2.35. The molecule has 1 aromatic carbocycles. The van der Waals surface area contributed by atoms with Gasteiger partial charge >= 0.3 is 5.92 Å². The Labute approximate surface area is 206 Å². The maximum atomic E-state index is 16.5. The predicted octanol–water partition coefficient (Wildman–Crippen LogP) is 8.53. The third-order valence-electron chi connectivity index (χ3n) is 5.46. The number of aromatic hydroxyl groups is 1. The Bertz CT molecular complexity index is 1060. The number of Topliss-reactive ketones (excluding diaryl/α,β-unsaturated/α-hetero) is 1. The molecule has 2 aromatic rings. The number of halogens is 6. The van der Waals surface area contributed by atoms with Gasteiger partial charge in [-0.25, -0.2) is 4.39 Å². The van der Waals surface area contributed by atoms with E-state index in [4.69, 9.17) is 34.8 Å². The van der Waals surface area contributed by atoms with Crippen LogP contribution in [0.5, 0.6) is 5.75 Å². The molecule has 1 aromatic heterocycles. The van der Waals surface area contributed by atoms with Gasteiger partial charge in [-0.15, -0.1) is 6.58 Å². The molecule has 0 aliphatic carbocycles. The van der Waals surface area contributed by atoms with Gasteiger partial charge in [0, 0.05) is 6.42 Å². The molecular formula is C24H27Cl3F3NO2. The second-order valence-corrected chi connectivity index (χ2v) is 11.2. The van der Waals surface area contributed by atoms with Gasteiger partial charge in [-0.3, -0.25) is 4.79 Å². The van der Waals surface area contributed by atoms with Crippen LogP contribution in [0.25, 0.3) is 0 Å². The number of ketones is 1. The first-order valence-electron chi connectivity index (χ1n) is 10.1. The number of hydrogen-bond donors (Lipinski definition) is 2. The zero-order chi connectivity index (χ0) is 25.7. The largest absolute Gasteiger partial charge is 0.507 e. The monoisotopic (exact) mass is 523 g/mol. The van der Waals surface area contributed by atoms with Gasteiger partial charge < -0.3 is 10.1 Å². The van der Waals surface area contributed by atoms with E-state index in [9.17, 15) is 9.90 Å². The number of phenolic OH excluding ortho intramolecular Hbond substituents is 1. The number of carbonyl (C=O) groups is 1. The third kappa shape index (κ3) is 4.80. The number of rotatable bonds is 6. The van der Waals surface area contributed by atoms with Crippen molar-refractivity contribution >= 4 is 40.6 Å². The van der Waals surface area contributed by atoms with Crippen molar-refractivity contribution < 1.29 is 23.1 Å². The fourth-order valence-electron chi connectivity index (χ4n) is 3.55. The SMILES string of the molecule is C=CCC(F)(c1cc(C(C)(C)C)c(O)c(C(C)(C)C)c1)C(F)(F)C(=O)c1[nH]c(Cl)c(Cl)c1Cl. The number of carbonyl (C=O) groups excluding carboxylic acids is 1. The summed E-state index contributed by atoms with van der Waals surface area (Å²) in [6, 6.07) is 2.34. The van der Waals surface area contributed by atoms with Crippen LogP contribution in [0.1, 0.15) is 75.1 Å². The normalized spacial score (nSPS) is 14.8. The number of aromatic nitrogens is 1. The average Bonchev–Trinajstić information content (AvgIpc) is 2.92. The number of aromatic amines is 1. The van der Waals surface area contributed by atoms with E-state index < -0.39 is 50.9 Å². The van der Waals surface area contributed by atoms with Gasteiger partial charge in [0.25, 0.3) is 5.78 Å². The smallest absolute Gasteiger partial charge is 0.348 e. The van der Waals surface area contributed by atoms with Crippen LogP contribution >= 0.6 is 34.8 Å². The highest BCUT2D eigenvalue weighted by atomic mass is 35.5. The molecule has 0 aliphatic heterocycles. The summed E-state index contributed by atoms with van der Waals surface area (Å²) < 4.78 is 47.9. The highest BCUT2D eigenvalue weighted by Crippen LogP contribution is 2.51. The molecule has 0 saturated heterocycles. The van der Waals surface area contributed by atoms with Crippen LogP contribution < -0.4 is 0 Å². The van der Waals surface area contributed by atoms with Crippen LogP contribution in [-0.4, -0.2) is 21.8 Å². The molecule has 0 spiro atoms. The van der Waals surface area contributed by atoms with Crippen LogP contribution in [0, 0.1) is 0 Å². The molecule has 1 atom stereocenters. The van der Waals surface area contributed by atoms with E-state index in [0.717, 1.165) is 6.08 Å². The quantitative estimate of drug-likeness (QED) is 0.294. The minimum absolute atomic E-state index is 0.111. The summed E-state index contributed by atoms with van der Waals surface area (Å²) in [5.74, 6) is -6.61. The Morgan fingerprint density at radius 2 is 1.45 bits per heavy atom. The summed E-state index contributed by atoms with van der Waals surface area (Å²) in [5, 5.41) is 9.73. The van der Waals surface area contributed by atoms with Crippen LogP contribution in [-0.2, 0) is 16.5 Å². The van der Waals surface area contributed by atoms with Crippen molar-refractivity contribution in [1.29, 1.82) is 0 Å². The molecule has 2 rings (SSSR count). The van der Waals surface area contributed by atoms with Gasteiger partial charge in [0.2, 0.25) is 5.67 Å². The van der Waals surface area contributed by atoms with Gasteiger partial charge in [-0.1, -0.05) is 82.4 Å². The maximum Gasteiger partial charge on any atom is 0.348 e. The van der Waals surface area contributed by atoms with Gasteiger partial charge in [-0.2, -0.15) is 8.78 Å². The first kappa shape index (κ1) is 27.6. The number of allylic oxidation sites excluding steroid dienone is 1. The zero-order valence-corrected chi connectivity index (χ0v) is 21.5. The second-order valence-electron chi connectivity index (χ2n) is 10.1. The molecule has 182 valence electrons. The lowest BCUT2D eigenvalue weighted by atomic mass is 9.74. The van der Waals surface area contributed by atoms with Crippen LogP contribution in [0.3, 0.4) is 0 Å². The topological polar surface area (TPSA) is 53.1 Å². The number of nitrogens with one attached hydrogen (secondary N) is 1. The van der Waals surface area contributed by atoms with Crippen molar-refractivity contribution in [1.82, 2.24) is 4.98 Å². The highest BCUT2D eigenvalue weighted by molar-refractivity contribution is 6.49. The minimum atomic E-state index is -4.59. The lowest BCUT2D eigenvalue weighted by Crippen LogP contribution is -2.48. The molecule has 0 fully saturated rings. The molecule has 0 radical (unpaired) electrons. The van der Waals surface area contributed by atoms with E-state index in [1.54, 1.807) is 41.5 Å². The number of benzene rings is 1. The fraction of sp³-hybridized carbons (Fsp3) is 0.458. The van der Waals surface area contributed by atoms with Crippen molar-refractivity contribution in [3.05, 3.63) is 62.4 Å². The molecule has 1 heterocycles. The van der Waals surface area contributed by atoms with E-state index in [1.165, 1.54) is 12.1 Å². The molecule has 1 unspecified atom stereocenters. The predicted molar refractivity (Wildman–Crippen MR) is 128 cm³/mol. The Morgan fingerprint density at radius 1 is 1.00 bits per heavy atom. The van der Waals surface area contributed by atoms with Crippen molar-refractivity contribution in [2.24, 2.45) is 0 Å².